The van der Waals surface area contributed by atoms with Crippen LogP contribution in [0.2, 0.25) is 0 Å². The molecule has 122 valence electrons. The summed E-state index contributed by atoms with van der Waals surface area (Å²) in [6.45, 7) is 7.48. The lowest BCUT2D eigenvalue weighted by atomic mass is 9.87. The first-order valence-electron chi connectivity index (χ1n) is 7.56. The highest BCUT2D eigenvalue weighted by Gasteiger charge is 2.36. The fraction of sp³-hybridized carbons (Fsp3) is 0.588. The molecule has 0 aromatic heterocycles. The Labute approximate surface area is 132 Å². The summed E-state index contributed by atoms with van der Waals surface area (Å²) in [5.41, 5.74) is 2.59. The lowest BCUT2D eigenvalue weighted by molar-refractivity contribution is -0.878. The van der Waals surface area contributed by atoms with Crippen LogP contribution in [0, 0.1) is 20.8 Å². The maximum atomic E-state index is 12.5. The smallest absolute Gasteiger partial charge is 0.140 e. The Morgan fingerprint density at radius 3 is 2.32 bits per heavy atom. The van der Waals surface area contributed by atoms with Crippen LogP contribution in [0.15, 0.2) is 5.10 Å². The minimum Gasteiger partial charge on any atom is -0.855 e. The van der Waals surface area contributed by atoms with Crippen LogP contribution in [-0.4, -0.2) is 42.3 Å². The van der Waals surface area contributed by atoms with Crippen LogP contribution in [0.3, 0.4) is 0 Å². The molecule has 1 aromatic carbocycles. The van der Waals surface area contributed by atoms with Crippen molar-refractivity contribution in [2.75, 3.05) is 21.1 Å². The van der Waals surface area contributed by atoms with E-state index in [1.165, 1.54) is 0 Å². The normalized spacial score (nSPS) is 22.2. The van der Waals surface area contributed by atoms with Crippen molar-refractivity contribution in [3.8, 4) is 11.5 Å². The highest BCUT2D eigenvalue weighted by Crippen LogP contribution is 2.43. The van der Waals surface area contributed by atoms with E-state index >= 15 is 0 Å². The molecule has 0 radical (unpaired) electrons. The van der Waals surface area contributed by atoms with E-state index in [4.69, 9.17) is 4.74 Å². The predicted molar refractivity (Wildman–Crippen MR) is 85.1 cm³/mol. The number of nitrogens with zero attached hydrogens (tertiary/aromatic N) is 2. The van der Waals surface area contributed by atoms with Crippen LogP contribution >= 0.6 is 0 Å². The highest BCUT2D eigenvalue weighted by molar-refractivity contribution is 5.81. The van der Waals surface area contributed by atoms with Gasteiger partial charge in [0, 0.05) is 5.56 Å². The van der Waals surface area contributed by atoms with Crippen molar-refractivity contribution in [2.24, 2.45) is 5.10 Å². The Balaban J connectivity index is 2.50. The zero-order valence-electron chi connectivity index (χ0n) is 14.6. The van der Waals surface area contributed by atoms with Gasteiger partial charge in [-0.15, -0.1) is 0 Å². The molecule has 1 aliphatic rings. The van der Waals surface area contributed by atoms with E-state index in [0.29, 0.717) is 18.6 Å². The number of ether oxygens (including phenoxy) is 1. The van der Waals surface area contributed by atoms with Gasteiger partial charge < -0.3 is 14.9 Å². The Bertz CT molecular complexity index is 645. The van der Waals surface area contributed by atoms with Crippen LogP contribution in [0.1, 0.15) is 35.6 Å². The van der Waals surface area contributed by atoms with Gasteiger partial charge in [-0.2, -0.15) is 0 Å². The number of hydrogen-bond acceptors (Lipinski definition) is 4. The Kier molecular flexibility index (Phi) is 3.90. The van der Waals surface area contributed by atoms with Gasteiger partial charge in [-0.25, -0.2) is 4.59 Å². The molecule has 1 aromatic rings. The van der Waals surface area contributed by atoms with Crippen molar-refractivity contribution < 1.29 is 19.5 Å². The summed E-state index contributed by atoms with van der Waals surface area (Å²) in [5, 5.41) is 26.9. The molecule has 0 fully saturated rings. The van der Waals surface area contributed by atoms with Crippen molar-refractivity contribution in [1.29, 1.82) is 0 Å². The second kappa shape index (κ2) is 5.16. The molecule has 22 heavy (non-hydrogen) atoms. The average molecular weight is 306 g/mol. The molecular weight excluding hydrogens is 280 g/mol. The standard InChI is InChI=1S/C17H26N2O3/c1-10-11(2)15-13(12(3)14(10)20)8-9-17(4,22-15)16(21)18-19(5,6)7/h8-9H2,1-7H3,(H-,18,20,21)/t17-/m1/s1. The number of fused-ring (bicyclic) bond motifs is 1. The largest absolute Gasteiger partial charge is 0.855 e. The van der Waals surface area contributed by atoms with E-state index in [0.717, 1.165) is 28.0 Å². The third-order valence-electron chi connectivity index (χ3n) is 4.36. The van der Waals surface area contributed by atoms with E-state index < -0.39 is 5.60 Å². The average Bonchev–Trinajstić information content (AvgIpc) is 2.41. The molecule has 1 aliphatic heterocycles. The summed E-state index contributed by atoms with van der Waals surface area (Å²) >= 11 is 0. The topological polar surface area (TPSA) is 64.9 Å². The molecule has 0 amide bonds. The van der Waals surface area contributed by atoms with E-state index in [-0.39, 0.29) is 10.5 Å². The van der Waals surface area contributed by atoms with E-state index in [1.54, 1.807) is 6.92 Å². The van der Waals surface area contributed by atoms with Crippen molar-refractivity contribution in [1.82, 2.24) is 0 Å². The van der Waals surface area contributed by atoms with Crippen molar-refractivity contribution in [3.05, 3.63) is 22.3 Å². The molecule has 0 saturated carbocycles. The fourth-order valence-corrected chi connectivity index (χ4v) is 2.78. The van der Waals surface area contributed by atoms with Gasteiger partial charge in [-0.3, -0.25) is 0 Å². The van der Waals surface area contributed by atoms with Crippen LogP contribution < -0.4 is 9.84 Å². The molecule has 1 N–H and O–H groups in total. The van der Waals surface area contributed by atoms with E-state index in [1.807, 2.05) is 41.9 Å². The van der Waals surface area contributed by atoms with Crippen molar-refractivity contribution in [2.45, 2.75) is 46.1 Å². The third-order valence-corrected chi connectivity index (χ3v) is 4.36. The fourth-order valence-electron chi connectivity index (χ4n) is 2.78. The van der Waals surface area contributed by atoms with Gasteiger partial charge in [0.15, 0.2) is 0 Å². The number of rotatable bonds is 2. The zero-order chi connectivity index (χ0) is 16.9. The summed E-state index contributed by atoms with van der Waals surface area (Å²) in [6.07, 6.45) is 1.26. The number of hydrogen-bond donors (Lipinski definition) is 1. The molecule has 2 rings (SSSR count). The second-order valence-corrected chi connectivity index (χ2v) is 7.21. The molecule has 1 heterocycles. The van der Waals surface area contributed by atoms with Crippen LogP contribution in [0.25, 0.3) is 0 Å². The molecular formula is C17H26N2O3. The molecule has 1 atom stereocenters. The number of aromatic hydroxyl groups is 1. The maximum absolute atomic E-state index is 12.5. The Morgan fingerprint density at radius 1 is 1.18 bits per heavy atom. The zero-order valence-corrected chi connectivity index (χ0v) is 14.6. The SMILES string of the molecule is Cc1c(C)c2c(c(C)c1O)CC[C@](C)(/C([O-])=N/[N+](C)(C)C)O2. The first kappa shape index (κ1) is 16.6. The minimum absolute atomic E-state index is 0.220. The van der Waals surface area contributed by atoms with Gasteiger partial charge in [0.2, 0.25) is 0 Å². The van der Waals surface area contributed by atoms with Gasteiger partial charge >= 0.3 is 0 Å². The quantitative estimate of drug-likeness (QED) is 0.392. The Hall–Kier alpha value is -1.75. The van der Waals surface area contributed by atoms with E-state index in [9.17, 15) is 10.2 Å². The minimum atomic E-state index is -0.945. The highest BCUT2D eigenvalue weighted by atomic mass is 16.5. The van der Waals surface area contributed by atoms with Gasteiger partial charge in [0.1, 0.15) is 17.1 Å². The van der Waals surface area contributed by atoms with Gasteiger partial charge in [-0.05, 0) is 57.2 Å². The molecule has 0 spiro atoms. The summed E-state index contributed by atoms with van der Waals surface area (Å²) < 4.78 is 6.33. The van der Waals surface area contributed by atoms with Crippen LogP contribution in [0.4, 0.5) is 0 Å². The summed E-state index contributed by atoms with van der Waals surface area (Å²) in [7, 11) is 5.53. The monoisotopic (exact) mass is 306 g/mol. The first-order valence-corrected chi connectivity index (χ1v) is 7.56. The molecule has 5 nitrogen and oxygen atoms in total. The molecule has 0 bridgehead atoms. The van der Waals surface area contributed by atoms with Crippen LogP contribution in [0.5, 0.6) is 11.5 Å². The van der Waals surface area contributed by atoms with Crippen LogP contribution in [-0.2, 0) is 6.42 Å². The molecule has 0 aliphatic carbocycles. The first-order chi connectivity index (χ1) is 9.96. The summed E-state index contributed by atoms with van der Waals surface area (Å²) in [4.78, 5) is 0. The number of phenols is 1. The lowest BCUT2D eigenvalue weighted by Gasteiger charge is -2.41. The van der Waals surface area contributed by atoms with Crippen molar-refractivity contribution in [3.63, 3.8) is 0 Å². The summed E-state index contributed by atoms with van der Waals surface area (Å²) in [6, 6.07) is 0. The number of phenolic OH excluding ortho intramolecular Hbond substituents is 1. The molecule has 0 unspecified atom stereocenters. The van der Waals surface area contributed by atoms with Gasteiger partial charge in [0.25, 0.3) is 0 Å². The second-order valence-electron chi connectivity index (χ2n) is 7.21. The van der Waals surface area contributed by atoms with Gasteiger partial charge in [0.05, 0.1) is 27.0 Å². The van der Waals surface area contributed by atoms with Crippen molar-refractivity contribution >= 4 is 5.90 Å². The van der Waals surface area contributed by atoms with E-state index in [2.05, 4.69) is 5.10 Å². The number of benzene rings is 1. The Morgan fingerprint density at radius 2 is 1.77 bits per heavy atom. The lowest BCUT2D eigenvalue weighted by Crippen LogP contribution is -2.52. The predicted octanol–water partition coefficient (Wildman–Crippen LogP) is 1.78. The third kappa shape index (κ3) is 2.77. The molecule has 5 heteroatoms. The van der Waals surface area contributed by atoms with Gasteiger partial charge in [-0.1, -0.05) is 5.10 Å². The number of quaternary nitrogens is 1. The molecule has 0 saturated heterocycles. The maximum Gasteiger partial charge on any atom is 0.140 e. The summed E-state index contributed by atoms with van der Waals surface area (Å²) in [5.74, 6) is 0.811.